The van der Waals surface area contributed by atoms with Crippen LogP contribution in [0.2, 0.25) is 0 Å². The van der Waals surface area contributed by atoms with Crippen molar-refractivity contribution in [2.45, 2.75) is 25.3 Å². The summed E-state index contributed by atoms with van der Waals surface area (Å²) in [6.07, 6.45) is 7.01. The lowest BCUT2D eigenvalue weighted by Crippen LogP contribution is -2.39. The van der Waals surface area contributed by atoms with Gasteiger partial charge < -0.3 is 10.6 Å². The number of amides is 1. The summed E-state index contributed by atoms with van der Waals surface area (Å²) in [7, 11) is 0. The number of hydrogen-bond acceptors (Lipinski definition) is 4. The Morgan fingerprint density at radius 2 is 2.05 bits per heavy atom. The number of carbonyl (C=O) groups is 1. The van der Waals surface area contributed by atoms with Crippen LogP contribution in [0.4, 0.5) is 5.69 Å². The van der Waals surface area contributed by atoms with Gasteiger partial charge in [-0.2, -0.15) is 0 Å². The van der Waals surface area contributed by atoms with Crippen LogP contribution in [0.1, 0.15) is 19.3 Å². The van der Waals surface area contributed by atoms with Crippen LogP contribution in [0.3, 0.4) is 0 Å². The van der Waals surface area contributed by atoms with Gasteiger partial charge >= 0.3 is 0 Å². The van der Waals surface area contributed by atoms with Gasteiger partial charge in [0.25, 0.3) is 0 Å². The molecule has 2 aromatic rings. The Bertz CT molecular complexity index is 687. The minimum absolute atomic E-state index is 0.0462. The fourth-order valence-corrected chi connectivity index (χ4v) is 3.74. The monoisotopic (exact) mass is 282 g/mol. The highest BCUT2D eigenvalue weighted by Gasteiger charge is 2.42. The molecular formula is C16H18N4O. The highest BCUT2D eigenvalue weighted by molar-refractivity contribution is 5.96. The van der Waals surface area contributed by atoms with Crippen molar-refractivity contribution >= 4 is 22.6 Å². The van der Waals surface area contributed by atoms with E-state index in [0.717, 1.165) is 23.3 Å². The Hall–Kier alpha value is -2.01. The van der Waals surface area contributed by atoms with Gasteiger partial charge in [0.1, 0.15) is 0 Å². The van der Waals surface area contributed by atoms with Gasteiger partial charge in [0.15, 0.2) is 0 Å². The number of rotatable bonds is 2. The van der Waals surface area contributed by atoms with Gasteiger partial charge in [0.05, 0.1) is 17.1 Å². The molecule has 1 aromatic heterocycles. The third kappa shape index (κ3) is 2.27. The summed E-state index contributed by atoms with van der Waals surface area (Å²) in [6, 6.07) is 5.60. The van der Waals surface area contributed by atoms with Crippen LogP contribution in [-0.2, 0) is 4.79 Å². The van der Waals surface area contributed by atoms with E-state index in [1.165, 1.54) is 19.3 Å². The molecule has 2 fully saturated rings. The Labute approximate surface area is 123 Å². The fourth-order valence-electron chi connectivity index (χ4n) is 3.74. The first-order valence-corrected chi connectivity index (χ1v) is 7.56. The second-order valence-corrected chi connectivity index (χ2v) is 5.99. The van der Waals surface area contributed by atoms with E-state index in [2.05, 4.69) is 20.6 Å². The Morgan fingerprint density at radius 3 is 2.95 bits per heavy atom. The second kappa shape index (κ2) is 5.07. The molecule has 108 valence electrons. The maximum Gasteiger partial charge on any atom is 0.241 e. The summed E-state index contributed by atoms with van der Waals surface area (Å²) in [4.78, 5) is 21.0. The predicted molar refractivity (Wildman–Crippen MR) is 80.8 cm³/mol. The summed E-state index contributed by atoms with van der Waals surface area (Å²) in [5.74, 6) is 1.26. The standard InChI is InChI=1S/C16H18N4O/c21-16(15-12-3-1-2-10(12)9-19-15)20-11-4-5-13-14(8-11)18-7-6-17-13/h4-8,10,12,15,19H,1-3,9H2,(H,20,21). The Morgan fingerprint density at radius 1 is 1.19 bits per heavy atom. The van der Waals surface area contributed by atoms with Crippen LogP contribution >= 0.6 is 0 Å². The molecule has 3 unspecified atom stereocenters. The molecule has 2 heterocycles. The van der Waals surface area contributed by atoms with Crippen molar-refractivity contribution in [2.24, 2.45) is 11.8 Å². The van der Waals surface area contributed by atoms with Crippen LogP contribution in [0.25, 0.3) is 11.0 Å². The third-order valence-electron chi connectivity index (χ3n) is 4.77. The number of aromatic nitrogens is 2. The molecule has 1 aliphatic carbocycles. The normalized spacial score (nSPS) is 27.7. The summed E-state index contributed by atoms with van der Waals surface area (Å²) < 4.78 is 0. The number of nitrogens with one attached hydrogen (secondary N) is 2. The van der Waals surface area contributed by atoms with E-state index in [0.29, 0.717) is 11.8 Å². The average molecular weight is 282 g/mol. The summed E-state index contributed by atoms with van der Waals surface area (Å²) in [5, 5.41) is 6.40. The fraction of sp³-hybridized carbons (Fsp3) is 0.438. The van der Waals surface area contributed by atoms with Gasteiger partial charge in [0.2, 0.25) is 5.91 Å². The summed E-state index contributed by atoms with van der Waals surface area (Å²) in [5.41, 5.74) is 2.43. The second-order valence-electron chi connectivity index (χ2n) is 5.99. The van der Waals surface area contributed by atoms with Crippen molar-refractivity contribution in [2.75, 3.05) is 11.9 Å². The van der Waals surface area contributed by atoms with E-state index in [-0.39, 0.29) is 11.9 Å². The zero-order valence-electron chi connectivity index (χ0n) is 11.7. The minimum Gasteiger partial charge on any atom is -0.325 e. The lowest BCUT2D eigenvalue weighted by atomic mass is 9.93. The van der Waals surface area contributed by atoms with E-state index in [9.17, 15) is 4.79 Å². The number of benzene rings is 1. The molecule has 1 aliphatic heterocycles. The first-order chi connectivity index (χ1) is 10.3. The maximum atomic E-state index is 12.5. The zero-order valence-corrected chi connectivity index (χ0v) is 11.7. The highest BCUT2D eigenvalue weighted by Crippen LogP contribution is 2.38. The van der Waals surface area contributed by atoms with Crippen LogP contribution in [0.5, 0.6) is 0 Å². The molecule has 21 heavy (non-hydrogen) atoms. The average Bonchev–Trinajstić information content (AvgIpc) is 3.09. The largest absolute Gasteiger partial charge is 0.325 e. The van der Waals surface area contributed by atoms with E-state index in [1.807, 2.05) is 18.2 Å². The quantitative estimate of drug-likeness (QED) is 0.883. The van der Waals surface area contributed by atoms with Gasteiger partial charge in [-0.1, -0.05) is 6.42 Å². The number of hydrogen-bond donors (Lipinski definition) is 2. The van der Waals surface area contributed by atoms with Gasteiger partial charge in [0, 0.05) is 18.1 Å². The van der Waals surface area contributed by atoms with Gasteiger partial charge in [-0.25, -0.2) is 0 Å². The molecule has 2 N–H and O–H groups in total. The highest BCUT2D eigenvalue weighted by atomic mass is 16.2. The van der Waals surface area contributed by atoms with Crippen LogP contribution in [0.15, 0.2) is 30.6 Å². The van der Waals surface area contributed by atoms with Crippen LogP contribution in [0, 0.1) is 11.8 Å². The molecule has 3 atom stereocenters. The maximum absolute atomic E-state index is 12.5. The molecule has 5 nitrogen and oxygen atoms in total. The van der Waals surface area contributed by atoms with Crippen LogP contribution in [-0.4, -0.2) is 28.5 Å². The molecule has 4 rings (SSSR count). The molecular weight excluding hydrogens is 264 g/mol. The SMILES string of the molecule is O=C(Nc1ccc2nccnc2c1)C1NCC2CCCC21. The third-order valence-corrected chi connectivity index (χ3v) is 4.77. The Kier molecular flexibility index (Phi) is 3.07. The topological polar surface area (TPSA) is 66.9 Å². The van der Waals surface area contributed by atoms with Gasteiger partial charge in [-0.3, -0.25) is 14.8 Å². The van der Waals surface area contributed by atoms with Crippen molar-refractivity contribution in [3.63, 3.8) is 0 Å². The first-order valence-electron chi connectivity index (χ1n) is 7.56. The first kappa shape index (κ1) is 12.7. The lowest BCUT2D eigenvalue weighted by molar-refractivity contribution is -0.118. The predicted octanol–water partition coefficient (Wildman–Crippen LogP) is 1.96. The molecule has 2 aliphatic rings. The lowest BCUT2D eigenvalue weighted by Gasteiger charge is -2.17. The molecule has 5 heteroatoms. The Balaban J connectivity index is 1.52. The van der Waals surface area contributed by atoms with Crippen molar-refractivity contribution in [3.8, 4) is 0 Å². The van der Waals surface area contributed by atoms with Crippen molar-refractivity contribution in [1.29, 1.82) is 0 Å². The number of carbonyl (C=O) groups excluding carboxylic acids is 1. The van der Waals surface area contributed by atoms with E-state index < -0.39 is 0 Å². The van der Waals surface area contributed by atoms with E-state index in [1.54, 1.807) is 12.4 Å². The van der Waals surface area contributed by atoms with Crippen LogP contribution < -0.4 is 10.6 Å². The molecule has 1 saturated carbocycles. The molecule has 0 radical (unpaired) electrons. The summed E-state index contributed by atoms with van der Waals surface area (Å²) >= 11 is 0. The molecule has 0 spiro atoms. The van der Waals surface area contributed by atoms with E-state index in [4.69, 9.17) is 0 Å². The molecule has 1 saturated heterocycles. The molecule has 1 aromatic carbocycles. The molecule has 0 bridgehead atoms. The summed E-state index contributed by atoms with van der Waals surface area (Å²) in [6.45, 7) is 0.978. The number of nitrogens with zero attached hydrogens (tertiary/aromatic N) is 2. The molecule has 1 amide bonds. The number of fused-ring (bicyclic) bond motifs is 2. The minimum atomic E-state index is -0.0462. The van der Waals surface area contributed by atoms with E-state index >= 15 is 0 Å². The van der Waals surface area contributed by atoms with Crippen molar-refractivity contribution in [1.82, 2.24) is 15.3 Å². The van der Waals surface area contributed by atoms with Crippen molar-refractivity contribution < 1.29 is 4.79 Å². The smallest absolute Gasteiger partial charge is 0.241 e. The zero-order chi connectivity index (χ0) is 14.2. The van der Waals surface area contributed by atoms with Gasteiger partial charge in [-0.05, 0) is 49.4 Å². The van der Waals surface area contributed by atoms with Crippen molar-refractivity contribution in [3.05, 3.63) is 30.6 Å². The van der Waals surface area contributed by atoms with Gasteiger partial charge in [-0.15, -0.1) is 0 Å². The number of anilines is 1.